The number of hydrogen-bond donors (Lipinski definition) is 2. The van der Waals surface area contributed by atoms with Crippen molar-refractivity contribution in [2.75, 3.05) is 10.5 Å². The molecule has 2 aromatic rings. The van der Waals surface area contributed by atoms with Gasteiger partial charge in [0, 0.05) is 5.02 Å². The monoisotopic (exact) mass is 324 g/mol. The van der Waals surface area contributed by atoms with E-state index in [-0.39, 0.29) is 10.6 Å². The number of nitrogens with one attached hydrogen (secondary N) is 1. The van der Waals surface area contributed by atoms with E-state index in [4.69, 9.17) is 17.3 Å². The molecule has 0 aliphatic carbocycles. The first-order chi connectivity index (χ1) is 9.92. The summed E-state index contributed by atoms with van der Waals surface area (Å²) in [4.78, 5) is 0.205. The van der Waals surface area contributed by atoms with Crippen molar-refractivity contribution >= 4 is 33.0 Å². The Hall–Kier alpha value is -1.72. The second kappa shape index (κ2) is 6.37. The number of rotatable bonds is 5. The summed E-state index contributed by atoms with van der Waals surface area (Å²) in [6.45, 7) is 2.08. The highest BCUT2D eigenvalue weighted by Crippen LogP contribution is 2.25. The fraction of sp³-hybridized carbons (Fsp3) is 0.200. The van der Waals surface area contributed by atoms with Gasteiger partial charge in [-0.3, -0.25) is 4.72 Å². The molecule has 3 N–H and O–H groups in total. The molecular weight excluding hydrogens is 308 g/mol. The van der Waals surface area contributed by atoms with Crippen molar-refractivity contribution in [3.63, 3.8) is 0 Å². The van der Waals surface area contributed by atoms with E-state index in [0.29, 0.717) is 10.7 Å². The number of nitrogens with two attached hydrogens (primary N) is 1. The van der Waals surface area contributed by atoms with Gasteiger partial charge in [-0.2, -0.15) is 0 Å². The van der Waals surface area contributed by atoms with E-state index in [9.17, 15) is 8.42 Å². The first kappa shape index (κ1) is 15.7. The third-order valence-corrected chi connectivity index (χ3v) is 4.65. The molecule has 4 nitrogen and oxygen atoms in total. The van der Waals surface area contributed by atoms with Crippen molar-refractivity contribution in [2.45, 2.75) is 24.7 Å². The molecule has 0 saturated carbocycles. The number of hydrogen-bond acceptors (Lipinski definition) is 3. The van der Waals surface area contributed by atoms with Gasteiger partial charge in [0.2, 0.25) is 0 Å². The Balaban J connectivity index is 2.25. The van der Waals surface area contributed by atoms with E-state index in [0.717, 1.165) is 18.4 Å². The van der Waals surface area contributed by atoms with Crippen LogP contribution in [0.3, 0.4) is 0 Å². The van der Waals surface area contributed by atoms with Crippen LogP contribution in [0.4, 0.5) is 11.4 Å². The second-order valence-corrected chi connectivity index (χ2v) is 6.85. The van der Waals surface area contributed by atoms with Crippen LogP contribution in [-0.2, 0) is 16.4 Å². The van der Waals surface area contributed by atoms with Crippen LogP contribution in [0.15, 0.2) is 47.4 Å². The number of sulfonamides is 1. The van der Waals surface area contributed by atoms with Crippen molar-refractivity contribution in [1.82, 2.24) is 0 Å². The lowest BCUT2D eigenvalue weighted by molar-refractivity contribution is 0.601. The van der Waals surface area contributed by atoms with Crippen LogP contribution < -0.4 is 10.5 Å². The molecule has 0 aliphatic heterocycles. The van der Waals surface area contributed by atoms with Gasteiger partial charge in [0.1, 0.15) is 0 Å². The summed E-state index contributed by atoms with van der Waals surface area (Å²) in [5.41, 5.74) is 7.47. The summed E-state index contributed by atoms with van der Waals surface area (Å²) in [6.07, 6.45) is 1.95. The maximum absolute atomic E-state index is 12.3. The van der Waals surface area contributed by atoms with Gasteiger partial charge in [-0.05, 0) is 42.3 Å². The standard InChI is InChI=1S/C15H17ClN2O2S/c1-2-3-11-4-7-13(8-5-11)21(19,20)18-15-9-6-12(16)10-14(15)17/h4-10,18H,2-3,17H2,1H3. The van der Waals surface area contributed by atoms with Crippen LogP contribution in [0.25, 0.3) is 0 Å². The van der Waals surface area contributed by atoms with E-state index < -0.39 is 10.0 Å². The third kappa shape index (κ3) is 3.89. The summed E-state index contributed by atoms with van der Waals surface area (Å²) in [5.74, 6) is 0. The lowest BCUT2D eigenvalue weighted by Crippen LogP contribution is -2.14. The molecule has 112 valence electrons. The molecule has 0 amide bonds. The van der Waals surface area contributed by atoms with E-state index in [1.165, 1.54) is 6.07 Å². The zero-order valence-electron chi connectivity index (χ0n) is 11.6. The van der Waals surface area contributed by atoms with Gasteiger partial charge < -0.3 is 5.73 Å². The first-order valence-corrected chi connectivity index (χ1v) is 8.45. The van der Waals surface area contributed by atoms with Gasteiger partial charge in [0.05, 0.1) is 16.3 Å². The van der Waals surface area contributed by atoms with Gasteiger partial charge >= 0.3 is 0 Å². The zero-order valence-corrected chi connectivity index (χ0v) is 13.2. The number of aryl methyl sites for hydroxylation is 1. The first-order valence-electron chi connectivity index (χ1n) is 6.59. The van der Waals surface area contributed by atoms with Gasteiger partial charge in [-0.15, -0.1) is 0 Å². The Morgan fingerprint density at radius 2 is 1.81 bits per heavy atom. The van der Waals surface area contributed by atoms with Crippen LogP contribution in [0.5, 0.6) is 0 Å². The lowest BCUT2D eigenvalue weighted by Gasteiger charge is -2.11. The molecule has 0 aliphatic rings. The highest BCUT2D eigenvalue weighted by molar-refractivity contribution is 7.92. The quantitative estimate of drug-likeness (QED) is 0.824. The van der Waals surface area contributed by atoms with Crippen LogP contribution in [-0.4, -0.2) is 8.42 Å². The molecule has 0 bridgehead atoms. The second-order valence-electron chi connectivity index (χ2n) is 4.73. The van der Waals surface area contributed by atoms with Gasteiger partial charge in [-0.25, -0.2) is 8.42 Å². The smallest absolute Gasteiger partial charge is 0.261 e. The minimum atomic E-state index is -3.65. The minimum Gasteiger partial charge on any atom is -0.397 e. The van der Waals surface area contributed by atoms with E-state index in [1.54, 1.807) is 24.3 Å². The Kier molecular flexibility index (Phi) is 4.75. The molecule has 0 aromatic heterocycles. The zero-order chi connectivity index (χ0) is 15.5. The molecule has 2 aromatic carbocycles. The predicted octanol–water partition coefficient (Wildman–Crippen LogP) is 3.68. The van der Waals surface area contributed by atoms with Crippen molar-refractivity contribution in [2.24, 2.45) is 0 Å². The molecule has 6 heteroatoms. The summed E-state index contributed by atoms with van der Waals surface area (Å²) >= 11 is 5.80. The van der Waals surface area contributed by atoms with Crippen LogP contribution in [0.2, 0.25) is 5.02 Å². The fourth-order valence-corrected chi connectivity index (χ4v) is 3.22. The summed E-state index contributed by atoms with van der Waals surface area (Å²) < 4.78 is 27.1. The molecule has 0 saturated heterocycles. The van der Waals surface area contributed by atoms with Crippen LogP contribution >= 0.6 is 11.6 Å². The van der Waals surface area contributed by atoms with Gasteiger partial charge in [0.15, 0.2) is 0 Å². The molecule has 2 rings (SSSR count). The third-order valence-electron chi connectivity index (χ3n) is 3.03. The summed E-state index contributed by atoms with van der Waals surface area (Å²) in [6, 6.07) is 11.5. The molecule has 21 heavy (non-hydrogen) atoms. The summed E-state index contributed by atoms with van der Waals surface area (Å²) in [5, 5.41) is 0.458. The Labute approximate surface area is 130 Å². The van der Waals surface area contributed by atoms with Crippen LogP contribution in [0.1, 0.15) is 18.9 Å². The highest BCUT2D eigenvalue weighted by atomic mass is 35.5. The normalized spacial score (nSPS) is 11.3. The number of benzene rings is 2. The van der Waals surface area contributed by atoms with E-state index in [1.807, 2.05) is 12.1 Å². The maximum atomic E-state index is 12.3. The molecule has 0 heterocycles. The molecule has 0 atom stereocenters. The fourth-order valence-electron chi connectivity index (χ4n) is 1.95. The minimum absolute atomic E-state index is 0.205. The Morgan fingerprint density at radius 1 is 1.14 bits per heavy atom. The van der Waals surface area contributed by atoms with Crippen molar-refractivity contribution < 1.29 is 8.42 Å². The molecule has 0 radical (unpaired) electrons. The largest absolute Gasteiger partial charge is 0.397 e. The molecule has 0 unspecified atom stereocenters. The van der Waals surface area contributed by atoms with Gasteiger partial charge in [-0.1, -0.05) is 37.1 Å². The van der Waals surface area contributed by atoms with E-state index >= 15 is 0 Å². The highest BCUT2D eigenvalue weighted by Gasteiger charge is 2.15. The molecule has 0 fully saturated rings. The maximum Gasteiger partial charge on any atom is 0.261 e. The Morgan fingerprint density at radius 3 is 2.38 bits per heavy atom. The topological polar surface area (TPSA) is 72.2 Å². The molecular formula is C15H17ClN2O2S. The summed E-state index contributed by atoms with van der Waals surface area (Å²) in [7, 11) is -3.65. The van der Waals surface area contributed by atoms with Crippen LogP contribution in [0, 0.1) is 0 Å². The van der Waals surface area contributed by atoms with Crippen molar-refractivity contribution in [1.29, 1.82) is 0 Å². The average Bonchev–Trinajstić information content (AvgIpc) is 2.43. The van der Waals surface area contributed by atoms with Crippen molar-refractivity contribution in [3.05, 3.63) is 53.1 Å². The number of nitrogen functional groups attached to an aromatic ring is 1. The van der Waals surface area contributed by atoms with Gasteiger partial charge in [0.25, 0.3) is 10.0 Å². The molecule has 0 spiro atoms. The Bertz CT molecular complexity index is 728. The van der Waals surface area contributed by atoms with Crippen molar-refractivity contribution in [3.8, 4) is 0 Å². The number of halogens is 1. The lowest BCUT2D eigenvalue weighted by atomic mass is 10.1. The number of anilines is 2. The SMILES string of the molecule is CCCc1ccc(S(=O)(=O)Nc2ccc(Cl)cc2N)cc1. The van der Waals surface area contributed by atoms with E-state index in [2.05, 4.69) is 11.6 Å². The predicted molar refractivity (Wildman–Crippen MR) is 87.1 cm³/mol. The average molecular weight is 325 g/mol.